The smallest absolute Gasteiger partial charge is 0.355 e. The Hall–Kier alpha value is -2.08. The first-order chi connectivity index (χ1) is 9.99. The van der Waals surface area contributed by atoms with Gasteiger partial charge in [-0.25, -0.2) is 4.79 Å². The number of para-hydroxylation sites is 1. The number of ether oxygens (including phenoxy) is 1. The molecule has 1 amide bonds. The summed E-state index contributed by atoms with van der Waals surface area (Å²) in [6, 6.07) is 10.8. The number of nitrogens with zero attached hydrogens (tertiary/aromatic N) is 1. The molecule has 110 valence electrons. The van der Waals surface area contributed by atoms with Crippen LogP contribution in [-0.2, 0) is 9.53 Å². The molecule has 0 aliphatic rings. The van der Waals surface area contributed by atoms with Crippen LogP contribution in [0.3, 0.4) is 0 Å². The van der Waals surface area contributed by atoms with Crippen molar-refractivity contribution in [3.8, 4) is 0 Å². The largest absolute Gasteiger partial charge is 0.448 e. The maximum atomic E-state index is 12.2. The minimum Gasteiger partial charge on any atom is -0.448 e. The molecular weight excluding hydrogens is 336 g/mol. The fraction of sp³-hybridized carbons (Fsp3) is 0.200. The number of carbonyl (C=O) groups excluding carboxylic acids is 2. The third-order valence-corrected chi connectivity index (χ3v) is 3.43. The summed E-state index contributed by atoms with van der Waals surface area (Å²) >= 11 is 3.24. The summed E-state index contributed by atoms with van der Waals surface area (Å²) in [5.41, 5.74) is 1.04. The molecule has 0 saturated heterocycles. The van der Waals surface area contributed by atoms with E-state index in [1.54, 1.807) is 26.2 Å². The highest BCUT2D eigenvalue weighted by molar-refractivity contribution is 9.10. The predicted octanol–water partition coefficient (Wildman–Crippen LogP) is 2.99. The van der Waals surface area contributed by atoms with Crippen LogP contribution < -0.4 is 4.90 Å². The van der Waals surface area contributed by atoms with Crippen molar-refractivity contribution < 1.29 is 14.3 Å². The quantitative estimate of drug-likeness (QED) is 0.862. The molecule has 0 aliphatic carbocycles. The van der Waals surface area contributed by atoms with Crippen LogP contribution in [0, 0.1) is 0 Å². The Balaban J connectivity index is 2.01. The van der Waals surface area contributed by atoms with Crippen LogP contribution in [0.2, 0.25) is 0 Å². The normalized spacial score (nSPS) is 11.8. The first kappa shape index (κ1) is 15.3. The summed E-state index contributed by atoms with van der Waals surface area (Å²) < 4.78 is 5.92. The topological polar surface area (TPSA) is 62.4 Å². The molecule has 5 nitrogen and oxygen atoms in total. The number of esters is 1. The van der Waals surface area contributed by atoms with E-state index in [2.05, 4.69) is 20.9 Å². The van der Waals surface area contributed by atoms with Gasteiger partial charge in [0.25, 0.3) is 5.91 Å². The van der Waals surface area contributed by atoms with Crippen LogP contribution in [0.1, 0.15) is 17.4 Å². The number of anilines is 1. The Morgan fingerprint density at radius 1 is 1.29 bits per heavy atom. The molecule has 1 atom stereocenters. The van der Waals surface area contributed by atoms with Gasteiger partial charge in [0, 0.05) is 23.4 Å². The summed E-state index contributed by atoms with van der Waals surface area (Å²) in [6.45, 7) is 1.55. The number of aromatic nitrogens is 1. The first-order valence-electron chi connectivity index (χ1n) is 6.36. The summed E-state index contributed by atoms with van der Waals surface area (Å²) in [5, 5.41) is 0. The first-order valence-corrected chi connectivity index (χ1v) is 7.16. The van der Waals surface area contributed by atoms with E-state index in [0.717, 1.165) is 10.2 Å². The molecule has 1 N–H and O–H groups in total. The Morgan fingerprint density at radius 3 is 2.52 bits per heavy atom. The fourth-order valence-corrected chi connectivity index (χ4v) is 2.16. The van der Waals surface area contributed by atoms with Gasteiger partial charge in [0.05, 0.1) is 0 Å². The third-order valence-electron chi connectivity index (χ3n) is 2.97. The molecule has 0 spiro atoms. The van der Waals surface area contributed by atoms with Crippen molar-refractivity contribution in [1.82, 2.24) is 4.98 Å². The van der Waals surface area contributed by atoms with Crippen molar-refractivity contribution in [2.45, 2.75) is 13.0 Å². The van der Waals surface area contributed by atoms with E-state index in [-0.39, 0.29) is 5.91 Å². The van der Waals surface area contributed by atoms with Crippen LogP contribution in [0.4, 0.5) is 5.69 Å². The van der Waals surface area contributed by atoms with Crippen LogP contribution in [0.5, 0.6) is 0 Å². The molecule has 2 rings (SSSR count). The van der Waals surface area contributed by atoms with Crippen molar-refractivity contribution in [2.24, 2.45) is 0 Å². The Kier molecular flexibility index (Phi) is 4.80. The number of amides is 1. The number of H-pyrrole nitrogens is 1. The van der Waals surface area contributed by atoms with E-state index in [1.165, 1.54) is 4.90 Å². The van der Waals surface area contributed by atoms with E-state index in [4.69, 9.17) is 4.74 Å². The van der Waals surface area contributed by atoms with Gasteiger partial charge in [-0.15, -0.1) is 0 Å². The second kappa shape index (κ2) is 6.58. The lowest BCUT2D eigenvalue weighted by Crippen LogP contribution is -2.37. The number of hydrogen-bond acceptors (Lipinski definition) is 3. The minimum atomic E-state index is -0.871. The predicted molar refractivity (Wildman–Crippen MR) is 83.2 cm³/mol. The monoisotopic (exact) mass is 350 g/mol. The number of nitrogens with one attached hydrogen (secondary N) is 1. The van der Waals surface area contributed by atoms with E-state index in [9.17, 15) is 9.59 Å². The van der Waals surface area contributed by atoms with E-state index in [1.807, 2.05) is 30.3 Å². The number of carbonyl (C=O) groups is 2. The molecule has 1 aromatic heterocycles. The fourth-order valence-electron chi connectivity index (χ4n) is 1.81. The number of halogens is 1. The lowest BCUT2D eigenvalue weighted by atomic mass is 10.2. The minimum absolute atomic E-state index is 0.292. The molecule has 21 heavy (non-hydrogen) atoms. The molecule has 0 fully saturated rings. The van der Waals surface area contributed by atoms with Crippen molar-refractivity contribution >= 4 is 33.5 Å². The zero-order valence-corrected chi connectivity index (χ0v) is 13.3. The van der Waals surface area contributed by atoms with Gasteiger partial charge in [-0.1, -0.05) is 18.2 Å². The second-order valence-corrected chi connectivity index (χ2v) is 5.43. The molecule has 0 aliphatic heterocycles. The number of hydrogen-bond donors (Lipinski definition) is 1. The van der Waals surface area contributed by atoms with Gasteiger partial charge in [-0.2, -0.15) is 0 Å². The summed E-state index contributed by atoms with van der Waals surface area (Å²) in [6.07, 6.45) is 0.754. The highest BCUT2D eigenvalue weighted by Crippen LogP contribution is 2.15. The van der Waals surface area contributed by atoms with Crippen LogP contribution in [-0.4, -0.2) is 30.0 Å². The van der Waals surface area contributed by atoms with Crippen LogP contribution in [0.15, 0.2) is 47.1 Å². The zero-order chi connectivity index (χ0) is 15.4. The van der Waals surface area contributed by atoms with Crippen LogP contribution in [0.25, 0.3) is 0 Å². The van der Waals surface area contributed by atoms with Crippen molar-refractivity contribution in [3.05, 3.63) is 52.8 Å². The lowest BCUT2D eigenvalue weighted by Gasteiger charge is -2.21. The highest BCUT2D eigenvalue weighted by atomic mass is 79.9. The summed E-state index contributed by atoms with van der Waals surface area (Å²) in [4.78, 5) is 28.4. The Bertz CT molecular complexity index is 639. The summed E-state index contributed by atoms with van der Waals surface area (Å²) in [5.74, 6) is -0.858. The van der Waals surface area contributed by atoms with Crippen molar-refractivity contribution in [2.75, 3.05) is 11.9 Å². The average Bonchev–Trinajstić information content (AvgIpc) is 2.93. The molecule has 1 heterocycles. The third kappa shape index (κ3) is 3.72. The molecule has 0 radical (unpaired) electrons. The molecule has 6 heteroatoms. The molecule has 0 bridgehead atoms. The second-order valence-electron chi connectivity index (χ2n) is 4.51. The van der Waals surface area contributed by atoms with Gasteiger partial charge in [0.2, 0.25) is 0 Å². The van der Waals surface area contributed by atoms with E-state index < -0.39 is 12.1 Å². The zero-order valence-electron chi connectivity index (χ0n) is 11.7. The van der Waals surface area contributed by atoms with Crippen LogP contribution >= 0.6 is 15.9 Å². The highest BCUT2D eigenvalue weighted by Gasteiger charge is 2.23. The summed E-state index contributed by atoms with van der Waals surface area (Å²) in [7, 11) is 1.65. The number of aromatic amines is 1. The number of benzene rings is 1. The SMILES string of the molecule is CC(OC(=O)c1cc(Br)c[nH]1)C(=O)N(C)c1ccccc1. The van der Waals surface area contributed by atoms with Crippen molar-refractivity contribution in [3.63, 3.8) is 0 Å². The standard InChI is InChI=1S/C15H15BrN2O3/c1-10(21-15(20)13-8-11(16)9-17-13)14(19)18(2)12-6-4-3-5-7-12/h3-10,17H,1-2H3. The molecule has 2 aromatic rings. The maximum Gasteiger partial charge on any atom is 0.355 e. The van der Waals surface area contributed by atoms with Gasteiger partial charge < -0.3 is 14.6 Å². The Labute approximate surface area is 131 Å². The molecule has 1 aromatic carbocycles. The molecule has 0 saturated carbocycles. The van der Waals surface area contributed by atoms with Gasteiger partial charge in [0.15, 0.2) is 6.10 Å². The van der Waals surface area contributed by atoms with Gasteiger partial charge >= 0.3 is 5.97 Å². The van der Waals surface area contributed by atoms with E-state index in [0.29, 0.717) is 5.69 Å². The van der Waals surface area contributed by atoms with Gasteiger partial charge in [-0.05, 0) is 41.1 Å². The molecule has 1 unspecified atom stereocenters. The van der Waals surface area contributed by atoms with E-state index >= 15 is 0 Å². The lowest BCUT2D eigenvalue weighted by molar-refractivity contribution is -0.126. The van der Waals surface area contributed by atoms with Gasteiger partial charge in [-0.3, -0.25) is 4.79 Å². The number of rotatable bonds is 4. The maximum absolute atomic E-state index is 12.2. The number of likely N-dealkylation sites (N-methyl/N-ethyl adjacent to an activating group) is 1. The van der Waals surface area contributed by atoms with Crippen molar-refractivity contribution in [1.29, 1.82) is 0 Å². The average molecular weight is 351 g/mol. The Morgan fingerprint density at radius 2 is 1.95 bits per heavy atom. The molecular formula is C15H15BrN2O3. The van der Waals surface area contributed by atoms with Gasteiger partial charge in [0.1, 0.15) is 5.69 Å².